The summed E-state index contributed by atoms with van der Waals surface area (Å²) in [5.74, 6) is -8.93. The van der Waals surface area contributed by atoms with Gasteiger partial charge in [0.25, 0.3) is 11.8 Å². The molecule has 4 rings (SSSR count). The van der Waals surface area contributed by atoms with Crippen LogP contribution in [0.15, 0.2) is 0 Å². The molecule has 1 aromatic rings. The molecular weight excluding hydrogens is 381 g/mol. The van der Waals surface area contributed by atoms with Crippen LogP contribution >= 0.6 is 0 Å². The maximum absolute atomic E-state index is 14.6. The second-order valence-electron chi connectivity index (χ2n) is 6.72. The molecule has 11 heteroatoms. The van der Waals surface area contributed by atoms with Gasteiger partial charge in [-0.2, -0.15) is 0 Å². The fourth-order valence-corrected chi connectivity index (χ4v) is 3.79. The molecule has 2 N–H and O–H groups in total. The van der Waals surface area contributed by atoms with Crippen molar-refractivity contribution in [3.63, 3.8) is 0 Å². The van der Waals surface area contributed by atoms with E-state index in [9.17, 15) is 32.3 Å². The summed E-state index contributed by atoms with van der Waals surface area (Å²) in [4.78, 5) is 51.0. The van der Waals surface area contributed by atoms with Crippen LogP contribution in [0.5, 0.6) is 0 Å². The average molecular weight is 396 g/mol. The van der Waals surface area contributed by atoms with E-state index in [2.05, 4.69) is 5.32 Å². The Morgan fingerprint density at radius 3 is 2.14 bits per heavy atom. The number of piperazine rings is 1. The molecule has 2 saturated heterocycles. The summed E-state index contributed by atoms with van der Waals surface area (Å²) in [6, 6.07) is -1.36. The minimum Gasteiger partial charge on any atom is -0.366 e. The lowest BCUT2D eigenvalue weighted by atomic mass is 10.0. The van der Waals surface area contributed by atoms with Gasteiger partial charge in [-0.1, -0.05) is 0 Å². The number of halogens is 3. The highest BCUT2D eigenvalue weighted by Gasteiger charge is 2.49. The lowest BCUT2D eigenvalue weighted by molar-refractivity contribution is -0.136. The number of hydrogen-bond acceptors (Lipinski definition) is 6. The van der Waals surface area contributed by atoms with Gasteiger partial charge in [-0.25, -0.2) is 13.2 Å². The van der Waals surface area contributed by atoms with Crippen LogP contribution in [0.3, 0.4) is 0 Å². The smallest absolute Gasteiger partial charge is 0.265 e. The van der Waals surface area contributed by atoms with Gasteiger partial charge in [0, 0.05) is 32.6 Å². The van der Waals surface area contributed by atoms with E-state index in [1.165, 1.54) is 4.90 Å². The van der Waals surface area contributed by atoms with E-state index in [0.29, 0.717) is 18.0 Å². The number of imide groups is 2. The second kappa shape index (κ2) is 6.59. The summed E-state index contributed by atoms with van der Waals surface area (Å²) in [5, 5.41) is 5.01. The third-order valence-electron chi connectivity index (χ3n) is 5.12. The zero-order valence-electron chi connectivity index (χ0n) is 14.5. The molecular formula is C17H15F3N4O4. The van der Waals surface area contributed by atoms with E-state index >= 15 is 0 Å². The van der Waals surface area contributed by atoms with Gasteiger partial charge < -0.3 is 10.2 Å². The van der Waals surface area contributed by atoms with Crippen LogP contribution in [0.4, 0.5) is 18.9 Å². The van der Waals surface area contributed by atoms with Crippen molar-refractivity contribution in [1.82, 2.24) is 15.5 Å². The van der Waals surface area contributed by atoms with Gasteiger partial charge in [0.2, 0.25) is 11.8 Å². The van der Waals surface area contributed by atoms with Gasteiger partial charge in [-0.3, -0.25) is 29.4 Å². The second-order valence-corrected chi connectivity index (χ2v) is 6.72. The van der Waals surface area contributed by atoms with Crippen LogP contribution in [0.25, 0.3) is 0 Å². The Bertz CT molecular complexity index is 930. The molecule has 28 heavy (non-hydrogen) atoms. The third-order valence-corrected chi connectivity index (χ3v) is 5.12. The number of nitrogens with one attached hydrogen (secondary N) is 2. The first-order valence-corrected chi connectivity index (χ1v) is 8.70. The molecule has 1 aromatic carbocycles. The Balaban J connectivity index is 1.84. The Morgan fingerprint density at radius 2 is 1.50 bits per heavy atom. The molecule has 2 fully saturated rings. The van der Waals surface area contributed by atoms with Crippen LogP contribution in [-0.2, 0) is 9.59 Å². The number of carbonyl (C=O) groups is 4. The zero-order chi connectivity index (χ0) is 20.2. The summed E-state index contributed by atoms with van der Waals surface area (Å²) in [6.07, 6.45) is -0.272. The Kier molecular flexibility index (Phi) is 4.33. The maximum atomic E-state index is 14.6. The maximum Gasteiger partial charge on any atom is 0.265 e. The van der Waals surface area contributed by atoms with Crippen molar-refractivity contribution < 1.29 is 32.3 Å². The Hall–Kier alpha value is -2.95. The van der Waals surface area contributed by atoms with Gasteiger partial charge in [-0.15, -0.1) is 0 Å². The fraction of sp³-hybridized carbons (Fsp3) is 0.412. The number of benzene rings is 1. The summed E-state index contributed by atoms with van der Waals surface area (Å²) >= 11 is 0. The SMILES string of the molecule is O=C1CCC(N2C(=O)c3c(F)c(F)c(F)c(N4CCNCC4)c3C2=O)C(=O)N1. The van der Waals surface area contributed by atoms with Crippen molar-refractivity contribution in [2.75, 3.05) is 31.1 Å². The highest BCUT2D eigenvalue weighted by atomic mass is 19.2. The minimum atomic E-state index is -1.85. The first-order valence-electron chi connectivity index (χ1n) is 8.70. The summed E-state index contributed by atoms with van der Waals surface area (Å²) in [6.45, 7) is 1.28. The molecule has 148 valence electrons. The number of anilines is 1. The number of nitrogens with zero attached hydrogens (tertiary/aromatic N) is 2. The van der Waals surface area contributed by atoms with Crippen molar-refractivity contribution in [2.24, 2.45) is 0 Å². The van der Waals surface area contributed by atoms with Gasteiger partial charge in [0.1, 0.15) is 6.04 Å². The van der Waals surface area contributed by atoms with Crippen molar-refractivity contribution in [2.45, 2.75) is 18.9 Å². The molecule has 0 radical (unpaired) electrons. The summed E-state index contributed by atoms with van der Waals surface area (Å²) in [5.41, 5.74) is -1.96. The van der Waals surface area contributed by atoms with E-state index in [1.54, 1.807) is 0 Å². The molecule has 0 bridgehead atoms. The molecule has 0 aliphatic carbocycles. The van der Waals surface area contributed by atoms with Crippen molar-refractivity contribution in [3.05, 3.63) is 28.6 Å². The van der Waals surface area contributed by atoms with Crippen LogP contribution in [0.1, 0.15) is 33.6 Å². The molecule has 3 aliphatic rings. The standard InChI is InChI=1S/C17H15F3N4O4/c18-11-9-10(14(13(20)12(11)19)23-5-3-21-4-6-23)17(28)24(16(9)27)7-1-2-8(25)22-15(7)26/h7,21H,1-6H2,(H,22,25,26). The molecule has 0 aromatic heterocycles. The minimum absolute atomic E-state index is 0.125. The predicted molar refractivity (Wildman–Crippen MR) is 88.1 cm³/mol. The summed E-state index contributed by atoms with van der Waals surface area (Å²) < 4.78 is 43.3. The molecule has 0 saturated carbocycles. The van der Waals surface area contributed by atoms with Crippen LogP contribution < -0.4 is 15.5 Å². The number of rotatable bonds is 2. The van der Waals surface area contributed by atoms with E-state index in [1.807, 2.05) is 5.32 Å². The molecule has 1 unspecified atom stereocenters. The average Bonchev–Trinajstić information content (AvgIpc) is 2.92. The van der Waals surface area contributed by atoms with Crippen molar-refractivity contribution >= 4 is 29.3 Å². The largest absolute Gasteiger partial charge is 0.366 e. The van der Waals surface area contributed by atoms with Gasteiger partial charge in [0.15, 0.2) is 17.5 Å². The zero-order valence-corrected chi connectivity index (χ0v) is 14.5. The number of piperidine rings is 1. The number of carbonyl (C=O) groups excluding carboxylic acids is 4. The third kappa shape index (κ3) is 2.57. The monoisotopic (exact) mass is 396 g/mol. The molecule has 0 spiro atoms. The van der Waals surface area contributed by atoms with E-state index in [0.717, 1.165) is 0 Å². The number of amides is 4. The normalized spacial score (nSPS) is 22.6. The van der Waals surface area contributed by atoms with Crippen LogP contribution in [-0.4, -0.2) is 60.7 Å². The Morgan fingerprint density at radius 1 is 0.857 bits per heavy atom. The van der Waals surface area contributed by atoms with E-state index in [-0.39, 0.29) is 25.9 Å². The molecule has 4 amide bonds. The lowest BCUT2D eigenvalue weighted by Gasteiger charge is -2.31. The quantitative estimate of drug-likeness (QED) is 0.536. The van der Waals surface area contributed by atoms with Crippen LogP contribution in [0.2, 0.25) is 0 Å². The van der Waals surface area contributed by atoms with E-state index < -0.39 is 63.9 Å². The summed E-state index contributed by atoms with van der Waals surface area (Å²) in [7, 11) is 0. The van der Waals surface area contributed by atoms with Crippen LogP contribution in [0, 0.1) is 17.5 Å². The van der Waals surface area contributed by atoms with Crippen molar-refractivity contribution in [3.8, 4) is 0 Å². The first-order chi connectivity index (χ1) is 13.3. The van der Waals surface area contributed by atoms with Gasteiger partial charge in [-0.05, 0) is 6.42 Å². The van der Waals surface area contributed by atoms with Crippen molar-refractivity contribution in [1.29, 1.82) is 0 Å². The molecule has 3 heterocycles. The molecule has 1 atom stereocenters. The highest BCUT2D eigenvalue weighted by molar-refractivity contribution is 6.25. The lowest BCUT2D eigenvalue weighted by Crippen LogP contribution is -2.54. The predicted octanol–water partition coefficient (Wildman–Crippen LogP) is -0.0853. The molecule has 8 nitrogen and oxygen atoms in total. The number of fused-ring (bicyclic) bond motifs is 1. The van der Waals surface area contributed by atoms with Gasteiger partial charge >= 0.3 is 0 Å². The first kappa shape index (κ1) is 18.4. The van der Waals surface area contributed by atoms with E-state index in [4.69, 9.17) is 0 Å². The highest BCUT2D eigenvalue weighted by Crippen LogP contribution is 2.39. The van der Waals surface area contributed by atoms with Gasteiger partial charge in [0.05, 0.1) is 16.8 Å². The number of hydrogen-bond donors (Lipinski definition) is 2. The topological polar surface area (TPSA) is 98.8 Å². The molecule has 3 aliphatic heterocycles. The Labute approximate surface area is 156 Å². The fourth-order valence-electron chi connectivity index (χ4n) is 3.79.